The molecule has 0 unspecified atom stereocenters. The second-order valence-corrected chi connectivity index (χ2v) is 7.99. The number of fused-ring (bicyclic) bond motifs is 1. The number of allylic oxidation sites excluding steroid dienone is 1. The third kappa shape index (κ3) is 4.00. The Labute approximate surface area is 173 Å². The third-order valence-electron chi connectivity index (χ3n) is 5.19. The van der Waals surface area contributed by atoms with Gasteiger partial charge in [0, 0.05) is 18.9 Å². The van der Waals surface area contributed by atoms with Crippen molar-refractivity contribution in [1.82, 2.24) is 9.80 Å². The van der Waals surface area contributed by atoms with Crippen LogP contribution in [0.25, 0.3) is 0 Å². The van der Waals surface area contributed by atoms with E-state index in [4.69, 9.17) is 4.74 Å². The van der Waals surface area contributed by atoms with Crippen LogP contribution in [0, 0.1) is 17.1 Å². The van der Waals surface area contributed by atoms with Crippen LogP contribution in [-0.2, 0) is 11.3 Å². The van der Waals surface area contributed by atoms with E-state index in [0.717, 1.165) is 21.9 Å². The number of ether oxygens (including phenoxy) is 1. The first-order chi connectivity index (χ1) is 14.1. The number of thioether (sulfide) groups is 1. The quantitative estimate of drug-likeness (QED) is 0.763. The zero-order valence-electron chi connectivity index (χ0n) is 16.0. The average Bonchev–Trinajstić information content (AvgIpc) is 2.75. The summed E-state index contributed by atoms with van der Waals surface area (Å²) in [6.07, 6.45) is 0.217. The van der Waals surface area contributed by atoms with Crippen LogP contribution in [0.1, 0.15) is 23.5 Å². The predicted octanol–water partition coefficient (Wildman–Crippen LogP) is 4.05. The molecule has 0 saturated carbocycles. The van der Waals surface area contributed by atoms with Gasteiger partial charge in [0.25, 0.3) is 0 Å². The van der Waals surface area contributed by atoms with Crippen molar-refractivity contribution in [3.05, 3.63) is 76.1 Å². The van der Waals surface area contributed by atoms with Gasteiger partial charge in [-0.25, -0.2) is 4.39 Å². The average molecular weight is 409 g/mol. The van der Waals surface area contributed by atoms with Crippen molar-refractivity contribution in [2.24, 2.45) is 0 Å². The SMILES string of the molecule is COc1ccc(CN2CSC3=C(C#N)[C@@H](c4ccc(F)cc4)CC(=O)N3C2)cc1. The molecular formula is C22H20FN3O2S. The summed E-state index contributed by atoms with van der Waals surface area (Å²) in [5, 5.41) is 10.5. The van der Waals surface area contributed by atoms with E-state index < -0.39 is 0 Å². The summed E-state index contributed by atoms with van der Waals surface area (Å²) in [6.45, 7) is 1.16. The number of benzene rings is 2. The van der Waals surface area contributed by atoms with Crippen LogP contribution in [0.3, 0.4) is 0 Å². The van der Waals surface area contributed by atoms with E-state index in [-0.39, 0.29) is 24.1 Å². The van der Waals surface area contributed by atoms with Gasteiger partial charge in [-0.3, -0.25) is 14.6 Å². The summed E-state index contributed by atoms with van der Waals surface area (Å²) in [7, 11) is 1.64. The molecule has 7 heteroatoms. The van der Waals surface area contributed by atoms with E-state index in [9.17, 15) is 14.4 Å². The van der Waals surface area contributed by atoms with E-state index in [1.165, 1.54) is 23.9 Å². The van der Waals surface area contributed by atoms with Gasteiger partial charge in [-0.1, -0.05) is 36.0 Å². The maximum atomic E-state index is 13.3. The lowest BCUT2D eigenvalue weighted by Gasteiger charge is -2.41. The minimum Gasteiger partial charge on any atom is -0.497 e. The minimum atomic E-state index is -0.329. The third-order valence-corrected chi connectivity index (χ3v) is 6.40. The van der Waals surface area contributed by atoms with Crippen LogP contribution < -0.4 is 4.74 Å². The zero-order valence-corrected chi connectivity index (χ0v) is 16.8. The molecule has 1 saturated heterocycles. The van der Waals surface area contributed by atoms with Gasteiger partial charge in [-0.05, 0) is 35.4 Å². The van der Waals surface area contributed by atoms with Crippen LogP contribution in [-0.4, -0.2) is 35.4 Å². The number of methoxy groups -OCH3 is 1. The normalized spacial score (nSPS) is 19.7. The number of hydrogen-bond acceptors (Lipinski definition) is 5. The summed E-state index contributed by atoms with van der Waals surface area (Å²) in [6, 6.07) is 16.2. The first-order valence-electron chi connectivity index (χ1n) is 9.27. The van der Waals surface area contributed by atoms with Crippen molar-refractivity contribution >= 4 is 17.7 Å². The number of rotatable bonds is 4. The van der Waals surface area contributed by atoms with E-state index in [2.05, 4.69) is 11.0 Å². The molecule has 1 amide bonds. The number of halogens is 1. The Bertz CT molecular complexity index is 983. The maximum absolute atomic E-state index is 13.3. The van der Waals surface area contributed by atoms with E-state index >= 15 is 0 Å². The van der Waals surface area contributed by atoms with Gasteiger partial charge in [0.1, 0.15) is 11.6 Å². The molecule has 2 aliphatic heterocycles. The zero-order chi connectivity index (χ0) is 20.4. The van der Waals surface area contributed by atoms with Gasteiger partial charge >= 0.3 is 0 Å². The number of carbonyl (C=O) groups excluding carboxylic acids is 1. The highest BCUT2D eigenvalue weighted by Gasteiger charge is 2.38. The second kappa shape index (κ2) is 8.27. The van der Waals surface area contributed by atoms with Gasteiger partial charge in [0.2, 0.25) is 5.91 Å². The molecule has 2 aromatic carbocycles. The molecule has 148 valence electrons. The number of nitriles is 1. The van der Waals surface area contributed by atoms with Crippen molar-refractivity contribution in [3.8, 4) is 11.8 Å². The Balaban J connectivity index is 1.54. The molecule has 0 N–H and O–H groups in total. The summed E-state index contributed by atoms with van der Waals surface area (Å²) < 4.78 is 18.5. The van der Waals surface area contributed by atoms with E-state index in [0.29, 0.717) is 24.7 Å². The van der Waals surface area contributed by atoms with Crippen molar-refractivity contribution in [1.29, 1.82) is 5.26 Å². The topological polar surface area (TPSA) is 56.6 Å². The van der Waals surface area contributed by atoms with Gasteiger partial charge in [0.05, 0.1) is 36.3 Å². The molecule has 1 fully saturated rings. The van der Waals surface area contributed by atoms with Crippen LogP contribution in [0.5, 0.6) is 5.75 Å². The van der Waals surface area contributed by atoms with Crippen LogP contribution >= 0.6 is 11.8 Å². The lowest BCUT2D eigenvalue weighted by Crippen LogP contribution is -2.46. The largest absolute Gasteiger partial charge is 0.497 e. The van der Waals surface area contributed by atoms with Crippen LogP contribution in [0.2, 0.25) is 0 Å². The fourth-order valence-corrected chi connectivity index (χ4v) is 4.81. The predicted molar refractivity (Wildman–Crippen MR) is 109 cm³/mol. The monoisotopic (exact) mass is 409 g/mol. The summed E-state index contributed by atoms with van der Waals surface area (Å²) >= 11 is 1.51. The summed E-state index contributed by atoms with van der Waals surface area (Å²) in [5.41, 5.74) is 2.52. The van der Waals surface area contributed by atoms with Crippen LogP contribution in [0.4, 0.5) is 4.39 Å². The molecule has 2 aliphatic rings. The fraction of sp³-hybridized carbons (Fsp3) is 0.273. The van der Waals surface area contributed by atoms with Crippen molar-refractivity contribution in [2.45, 2.75) is 18.9 Å². The Morgan fingerprint density at radius 3 is 2.59 bits per heavy atom. The first-order valence-corrected chi connectivity index (χ1v) is 10.3. The van der Waals surface area contributed by atoms with Crippen molar-refractivity contribution < 1.29 is 13.9 Å². The highest BCUT2D eigenvalue weighted by atomic mass is 32.2. The van der Waals surface area contributed by atoms with E-state index in [1.54, 1.807) is 24.1 Å². The fourth-order valence-electron chi connectivity index (χ4n) is 3.68. The molecule has 0 aliphatic carbocycles. The first kappa shape index (κ1) is 19.5. The molecule has 2 aromatic rings. The summed E-state index contributed by atoms with van der Waals surface area (Å²) in [4.78, 5) is 16.7. The number of carbonyl (C=O) groups is 1. The van der Waals surface area contributed by atoms with Gasteiger partial charge < -0.3 is 4.74 Å². The molecule has 5 nitrogen and oxygen atoms in total. The highest BCUT2D eigenvalue weighted by molar-refractivity contribution is 8.03. The lowest BCUT2D eigenvalue weighted by molar-refractivity contribution is -0.131. The maximum Gasteiger partial charge on any atom is 0.229 e. The molecule has 0 bridgehead atoms. The molecule has 2 heterocycles. The Kier molecular flexibility index (Phi) is 5.56. The molecule has 0 spiro atoms. The number of nitrogens with zero attached hydrogens (tertiary/aromatic N) is 3. The van der Waals surface area contributed by atoms with Crippen LogP contribution in [0.15, 0.2) is 59.1 Å². The summed E-state index contributed by atoms with van der Waals surface area (Å²) in [5.74, 6) is 0.834. The van der Waals surface area contributed by atoms with Crippen molar-refractivity contribution in [2.75, 3.05) is 19.7 Å². The molecule has 0 radical (unpaired) electrons. The molecule has 29 heavy (non-hydrogen) atoms. The lowest BCUT2D eigenvalue weighted by atomic mass is 9.86. The Morgan fingerprint density at radius 2 is 1.93 bits per heavy atom. The van der Waals surface area contributed by atoms with Gasteiger partial charge in [-0.2, -0.15) is 5.26 Å². The Morgan fingerprint density at radius 1 is 1.21 bits per heavy atom. The number of amides is 1. The molecule has 4 rings (SSSR count). The highest BCUT2D eigenvalue weighted by Crippen LogP contribution is 2.42. The van der Waals surface area contributed by atoms with Crippen molar-refractivity contribution in [3.63, 3.8) is 0 Å². The molecule has 0 aromatic heterocycles. The minimum absolute atomic E-state index is 0.0137. The standard InChI is InChI=1S/C22H20FN3O2S/c1-28-18-8-2-15(3-9-18)12-25-13-26-21(27)10-19(16-4-6-17(23)7-5-16)20(11-24)22(26)29-14-25/h2-9,19H,10,12-14H2,1H3/t19-/m1/s1. The van der Waals surface area contributed by atoms with Gasteiger partial charge in [-0.15, -0.1) is 0 Å². The van der Waals surface area contributed by atoms with Gasteiger partial charge in [0.15, 0.2) is 0 Å². The Hall–Kier alpha value is -2.82. The smallest absolute Gasteiger partial charge is 0.229 e. The molecule has 1 atom stereocenters. The second-order valence-electron chi connectivity index (χ2n) is 7.05. The van der Waals surface area contributed by atoms with E-state index in [1.807, 2.05) is 24.3 Å². The number of hydrogen-bond donors (Lipinski definition) is 0. The molecular weight excluding hydrogens is 389 g/mol.